The fraction of sp³-hybridized carbons (Fsp3) is 0.333. The predicted octanol–water partition coefficient (Wildman–Crippen LogP) is -0.900. The number of hydrogen-bond acceptors (Lipinski definition) is 2. The van der Waals surface area contributed by atoms with Crippen molar-refractivity contribution >= 4 is 22.7 Å². The molecule has 0 heterocycles. The van der Waals surface area contributed by atoms with E-state index in [4.69, 9.17) is 11.6 Å². The van der Waals surface area contributed by atoms with Crippen LogP contribution in [0.1, 0.15) is 12.0 Å². The fourth-order valence-corrected chi connectivity index (χ4v) is 1.53. The van der Waals surface area contributed by atoms with Gasteiger partial charge in [-0.05, 0) is 41.6 Å². The minimum absolute atomic E-state index is 0. The number of alkyl halides is 1. The van der Waals surface area contributed by atoms with Crippen LogP contribution in [-0.2, 0) is 17.5 Å². The first-order chi connectivity index (χ1) is 6.24. The van der Waals surface area contributed by atoms with Gasteiger partial charge in [-0.25, -0.2) is 0 Å². The van der Waals surface area contributed by atoms with Crippen molar-refractivity contribution in [3.05, 3.63) is 29.8 Å². The predicted molar refractivity (Wildman–Crippen MR) is 52.7 cm³/mol. The van der Waals surface area contributed by atoms with Gasteiger partial charge in [0, 0.05) is 10.8 Å². The molecule has 0 bridgehead atoms. The van der Waals surface area contributed by atoms with Crippen LogP contribution in [0.4, 0.5) is 0 Å². The number of aryl methyl sites for hydroxylation is 1. The van der Waals surface area contributed by atoms with Crippen molar-refractivity contribution in [2.24, 2.45) is 0 Å². The first-order valence-electron chi connectivity index (χ1n) is 3.98. The number of benzene rings is 1. The van der Waals surface area contributed by atoms with Crippen molar-refractivity contribution in [3.63, 3.8) is 0 Å². The average Bonchev–Trinajstić information content (AvgIpc) is 2.15. The first-order valence-corrected chi connectivity index (χ1v) is 5.59. The van der Waals surface area contributed by atoms with Crippen LogP contribution in [0.5, 0.6) is 0 Å². The molecule has 0 aliphatic heterocycles. The third-order valence-electron chi connectivity index (χ3n) is 1.71. The largest absolute Gasteiger partial charge is 1.00 e. The van der Waals surface area contributed by atoms with Crippen LogP contribution in [0.15, 0.2) is 29.2 Å². The SMILES string of the molecule is O=S([O-])c1ccc(CCCCl)cc1.[Na+]. The molecule has 1 rings (SSSR count). The fourth-order valence-electron chi connectivity index (χ4n) is 1.04. The molecule has 5 heteroatoms. The van der Waals surface area contributed by atoms with E-state index in [1.54, 1.807) is 12.1 Å². The third kappa shape index (κ3) is 4.91. The molecule has 0 spiro atoms. The van der Waals surface area contributed by atoms with E-state index in [0.717, 1.165) is 18.4 Å². The molecule has 2 nitrogen and oxygen atoms in total. The topological polar surface area (TPSA) is 40.1 Å². The molecule has 0 aromatic heterocycles. The molecule has 1 aromatic carbocycles. The van der Waals surface area contributed by atoms with E-state index in [2.05, 4.69) is 0 Å². The van der Waals surface area contributed by atoms with Crippen molar-refractivity contribution in [2.75, 3.05) is 5.88 Å². The molecule has 72 valence electrons. The van der Waals surface area contributed by atoms with E-state index in [-0.39, 0.29) is 29.6 Å². The summed E-state index contributed by atoms with van der Waals surface area (Å²) >= 11 is 3.42. The minimum atomic E-state index is -2.12. The molecule has 0 radical (unpaired) electrons. The Bertz CT molecular complexity index is 289. The molecule has 1 unspecified atom stereocenters. The van der Waals surface area contributed by atoms with Crippen LogP contribution < -0.4 is 29.6 Å². The van der Waals surface area contributed by atoms with Crippen molar-refractivity contribution in [1.29, 1.82) is 0 Å². The number of hydrogen-bond donors (Lipinski definition) is 0. The molecule has 0 amide bonds. The van der Waals surface area contributed by atoms with E-state index in [1.165, 1.54) is 0 Å². The molecular weight excluding hydrogens is 231 g/mol. The van der Waals surface area contributed by atoms with Gasteiger partial charge >= 0.3 is 29.6 Å². The van der Waals surface area contributed by atoms with Crippen LogP contribution >= 0.6 is 11.6 Å². The molecule has 0 saturated heterocycles. The van der Waals surface area contributed by atoms with E-state index < -0.39 is 11.1 Å². The van der Waals surface area contributed by atoms with E-state index in [0.29, 0.717) is 10.8 Å². The van der Waals surface area contributed by atoms with Crippen molar-refractivity contribution in [1.82, 2.24) is 0 Å². The molecule has 0 fully saturated rings. The summed E-state index contributed by atoms with van der Waals surface area (Å²) in [5.41, 5.74) is 1.12. The van der Waals surface area contributed by atoms with Crippen LogP contribution in [0.25, 0.3) is 0 Å². The second-order valence-electron chi connectivity index (χ2n) is 2.67. The summed E-state index contributed by atoms with van der Waals surface area (Å²) in [6.07, 6.45) is 1.82. The van der Waals surface area contributed by atoms with Gasteiger partial charge < -0.3 is 4.55 Å². The molecule has 0 N–H and O–H groups in total. The summed E-state index contributed by atoms with van der Waals surface area (Å²) in [5, 5.41) is 0. The second-order valence-corrected chi connectivity index (χ2v) is 3.99. The van der Waals surface area contributed by atoms with Crippen molar-refractivity contribution in [2.45, 2.75) is 17.7 Å². The maximum atomic E-state index is 10.5. The maximum Gasteiger partial charge on any atom is 1.00 e. The summed E-state index contributed by atoms with van der Waals surface area (Å²) in [5.74, 6) is 0.634. The van der Waals surface area contributed by atoms with Gasteiger partial charge in [-0.15, -0.1) is 11.6 Å². The summed E-state index contributed by atoms with van der Waals surface area (Å²) in [6.45, 7) is 0. The van der Waals surface area contributed by atoms with Gasteiger partial charge in [0.05, 0.1) is 0 Å². The second kappa shape index (κ2) is 7.85. The Morgan fingerprint density at radius 1 is 1.29 bits per heavy atom. The van der Waals surface area contributed by atoms with Crippen LogP contribution in [-0.4, -0.2) is 14.6 Å². The van der Waals surface area contributed by atoms with Gasteiger partial charge in [0.25, 0.3) is 0 Å². The summed E-state index contributed by atoms with van der Waals surface area (Å²) in [4.78, 5) is 0.328. The maximum absolute atomic E-state index is 10.5. The zero-order valence-electron chi connectivity index (χ0n) is 8.03. The quantitative estimate of drug-likeness (QED) is 0.389. The monoisotopic (exact) mass is 240 g/mol. The molecule has 14 heavy (non-hydrogen) atoms. The Labute approximate surface area is 114 Å². The van der Waals surface area contributed by atoms with Gasteiger partial charge in [0.15, 0.2) is 0 Å². The van der Waals surface area contributed by atoms with Crippen LogP contribution in [0.2, 0.25) is 0 Å². The zero-order chi connectivity index (χ0) is 9.68. The molecule has 0 saturated carbocycles. The summed E-state index contributed by atoms with van der Waals surface area (Å²) in [7, 11) is 0. The Balaban J connectivity index is 0.00000169. The van der Waals surface area contributed by atoms with Crippen LogP contribution in [0, 0.1) is 0 Å². The van der Waals surface area contributed by atoms with Gasteiger partial charge in [-0.1, -0.05) is 12.1 Å². The van der Waals surface area contributed by atoms with E-state index in [9.17, 15) is 8.76 Å². The van der Waals surface area contributed by atoms with Crippen LogP contribution in [0.3, 0.4) is 0 Å². The normalized spacial score (nSPS) is 11.9. The Morgan fingerprint density at radius 3 is 2.29 bits per heavy atom. The standard InChI is InChI=1S/C9H11ClO2S.Na/c10-7-1-2-8-3-5-9(6-4-8)13(11)12;/h3-6H,1-2,7H2,(H,11,12);/q;+1/p-1. The van der Waals surface area contributed by atoms with Crippen molar-refractivity contribution < 1.29 is 38.3 Å². The minimum Gasteiger partial charge on any atom is -0.768 e. The average molecular weight is 241 g/mol. The Kier molecular flexibility index (Phi) is 8.20. The van der Waals surface area contributed by atoms with Gasteiger partial charge in [0.1, 0.15) is 0 Å². The summed E-state index contributed by atoms with van der Waals surface area (Å²) < 4.78 is 21.0. The molecule has 1 atom stereocenters. The van der Waals surface area contributed by atoms with Gasteiger partial charge in [-0.3, -0.25) is 4.21 Å². The van der Waals surface area contributed by atoms with Gasteiger partial charge in [-0.2, -0.15) is 0 Å². The zero-order valence-corrected chi connectivity index (χ0v) is 11.6. The first kappa shape index (κ1) is 14.6. The molecule has 0 aliphatic rings. The molecular formula is C9H10ClNaO2S. The van der Waals surface area contributed by atoms with E-state index >= 15 is 0 Å². The van der Waals surface area contributed by atoms with Gasteiger partial charge in [0.2, 0.25) is 0 Å². The molecule has 1 aromatic rings. The Morgan fingerprint density at radius 2 is 1.86 bits per heavy atom. The van der Waals surface area contributed by atoms with Crippen molar-refractivity contribution in [3.8, 4) is 0 Å². The number of halogens is 1. The van der Waals surface area contributed by atoms with E-state index in [1.807, 2.05) is 12.1 Å². The summed E-state index contributed by atoms with van der Waals surface area (Å²) in [6, 6.07) is 6.84. The Hall–Kier alpha value is 0.620. The number of rotatable bonds is 4. The smallest absolute Gasteiger partial charge is 0.768 e. The molecule has 0 aliphatic carbocycles. The third-order valence-corrected chi connectivity index (χ3v) is 2.64.